The Bertz CT molecular complexity index is 426. The molecular formula is C10H8BrNO2. The van der Waals surface area contributed by atoms with Crippen molar-refractivity contribution >= 4 is 27.7 Å². The van der Waals surface area contributed by atoms with Gasteiger partial charge in [0.25, 0.3) is 5.69 Å². The Morgan fingerprint density at radius 2 is 2.21 bits per heavy atom. The van der Waals surface area contributed by atoms with Gasteiger partial charge in [0.1, 0.15) is 0 Å². The van der Waals surface area contributed by atoms with Crippen molar-refractivity contribution in [2.75, 3.05) is 0 Å². The molecule has 1 aliphatic carbocycles. The van der Waals surface area contributed by atoms with Crippen LogP contribution < -0.4 is 0 Å². The molecule has 4 heteroatoms. The van der Waals surface area contributed by atoms with E-state index in [1.807, 2.05) is 12.2 Å². The second kappa shape index (κ2) is 3.53. The van der Waals surface area contributed by atoms with E-state index >= 15 is 0 Å². The Balaban J connectivity index is 2.59. The number of benzene rings is 1. The number of nitrogens with zero attached hydrogens (tertiary/aromatic N) is 1. The quantitative estimate of drug-likeness (QED) is 0.569. The first-order valence-corrected chi connectivity index (χ1v) is 5.11. The zero-order valence-electron chi connectivity index (χ0n) is 7.37. The topological polar surface area (TPSA) is 43.1 Å². The third kappa shape index (κ3) is 1.57. The summed E-state index contributed by atoms with van der Waals surface area (Å²) in [5.41, 5.74) is 2.26. The van der Waals surface area contributed by atoms with Crippen molar-refractivity contribution in [3.63, 3.8) is 0 Å². The molecule has 0 saturated carbocycles. The van der Waals surface area contributed by atoms with Crippen LogP contribution in [0.25, 0.3) is 6.08 Å². The smallest absolute Gasteiger partial charge is 0.258 e. The van der Waals surface area contributed by atoms with Gasteiger partial charge in [-0.1, -0.05) is 28.1 Å². The molecule has 0 atom stereocenters. The van der Waals surface area contributed by atoms with Crippen molar-refractivity contribution in [3.05, 3.63) is 43.9 Å². The van der Waals surface area contributed by atoms with Crippen molar-refractivity contribution in [2.24, 2.45) is 0 Å². The van der Waals surface area contributed by atoms with Crippen LogP contribution in [0.15, 0.2) is 22.7 Å². The Morgan fingerprint density at radius 3 is 2.93 bits per heavy atom. The lowest BCUT2D eigenvalue weighted by molar-refractivity contribution is -0.385. The van der Waals surface area contributed by atoms with Crippen LogP contribution in [0.4, 0.5) is 5.69 Å². The number of hydrogen-bond acceptors (Lipinski definition) is 2. The fraction of sp³-hybridized carbons (Fsp3) is 0.200. The average molecular weight is 254 g/mol. The summed E-state index contributed by atoms with van der Waals surface area (Å²) in [4.78, 5) is 10.2. The lowest BCUT2D eigenvalue weighted by Crippen LogP contribution is -1.98. The molecule has 1 aromatic rings. The Morgan fingerprint density at radius 1 is 1.43 bits per heavy atom. The van der Waals surface area contributed by atoms with Crippen molar-refractivity contribution in [1.82, 2.24) is 0 Å². The van der Waals surface area contributed by atoms with Crippen LogP contribution in [0.2, 0.25) is 0 Å². The summed E-state index contributed by atoms with van der Waals surface area (Å²) >= 11 is 3.36. The van der Waals surface area contributed by atoms with Gasteiger partial charge in [0, 0.05) is 16.6 Å². The van der Waals surface area contributed by atoms with E-state index in [1.165, 1.54) is 0 Å². The Labute approximate surface area is 89.7 Å². The molecule has 1 aliphatic rings. The molecule has 72 valence electrons. The van der Waals surface area contributed by atoms with Crippen LogP contribution in [-0.2, 0) is 6.42 Å². The number of nitro benzene ring substituents is 1. The number of non-ortho nitro benzene ring substituents is 1. The highest BCUT2D eigenvalue weighted by atomic mass is 79.9. The fourth-order valence-corrected chi connectivity index (χ4v) is 2.26. The van der Waals surface area contributed by atoms with Gasteiger partial charge < -0.3 is 0 Å². The second-order valence-electron chi connectivity index (χ2n) is 3.19. The van der Waals surface area contributed by atoms with E-state index in [1.54, 1.807) is 12.1 Å². The Hall–Kier alpha value is -1.16. The third-order valence-corrected chi connectivity index (χ3v) is 2.99. The zero-order chi connectivity index (χ0) is 10.1. The summed E-state index contributed by atoms with van der Waals surface area (Å²) < 4.78 is 0.839. The summed E-state index contributed by atoms with van der Waals surface area (Å²) in [7, 11) is 0. The molecule has 1 aromatic carbocycles. The molecule has 0 bridgehead atoms. The predicted molar refractivity (Wildman–Crippen MR) is 58.2 cm³/mol. The lowest BCUT2D eigenvalue weighted by atomic mass is 9.97. The number of allylic oxidation sites excluding steroid dienone is 1. The van der Waals surface area contributed by atoms with Gasteiger partial charge >= 0.3 is 0 Å². The van der Waals surface area contributed by atoms with Crippen molar-refractivity contribution in [2.45, 2.75) is 12.8 Å². The average Bonchev–Trinajstić information content (AvgIpc) is 2.17. The highest BCUT2D eigenvalue weighted by Crippen LogP contribution is 2.31. The van der Waals surface area contributed by atoms with Gasteiger partial charge in [0.15, 0.2) is 0 Å². The highest BCUT2D eigenvalue weighted by molar-refractivity contribution is 9.10. The van der Waals surface area contributed by atoms with E-state index in [4.69, 9.17) is 0 Å². The molecule has 0 radical (unpaired) electrons. The molecule has 0 N–H and O–H groups in total. The van der Waals surface area contributed by atoms with Crippen molar-refractivity contribution in [3.8, 4) is 0 Å². The second-order valence-corrected chi connectivity index (χ2v) is 4.05. The van der Waals surface area contributed by atoms with E-state index in [9.17, 15) is 10.1 Å². The number of nitro groups is 1. The fourth-order valence-electron chi connectivity index (χ4n) is 1.60. The van der Waals surface area contributed by atoms with E-state index < -0.39 is 0 Å². The normalized spacial score (nSPS) is 13.8. The molecule has 2 rings (SSSR count). The molecule has 0 aliphatic heterocycles. The van der Waals surface area contributed by atoms with Gasteiger partial charge in [-0.15, -0.1) is 0 Å². The molecule has 0 amide bonds. The molecule has 0 saturated heterocycles. The minimum atomic E-state index is -0.368. The van der Waals surface area contributed by atoms with Gasteiger partial charge in [-0.3, -0.25) is 10.1 Å². The summed E-state index contributed by atoms with van der Waals surface area (Å²) in [6, 6.07) is 3.19. The minimum absolute atomic E-state index is 0.141. The monoisotopic (exact) mass is 253 g/mol. The van der Waals surface area contributed by atoms with Crippen molar-refractivity contribution in [1.29, 1.82) is 0 Å². The summed E-state index contributed by atoms with van der Waals surface area (Å²) in [6.45, 7) is 0. The maximum Gasteiger partial charge on any atom is 0.271 e. The van der Waals surface area contributed by atoms with Crippen LogP contribution in [0.1, 0.15) is 17.5 Å². The molecule has 3 nitrogen and oxygen atoms in total. The van der Waals surface area contributed by atoms with E-state index in [-0.39, 0.29) is 10.6 Å². The molecule has 0 aromatic heterocycles. The molecule has 0 heterocycles. The summed E-state index contributed by atoms with van der Waals surface area (Å²) in [5.74, 6) is 0. The van der Waals surface area contributed by atoms with Crippen LogP contribution in [-0.4, -0.2) is 4.92 Å². The van der Waals surface area contributed by atoms with Crippen LogP contribution >= 0.6 is 15.9 Å². The molecule has 0 fully saturated rings. The first kappa shape index (κ1) is 9.40. The van der Waals surface area contributed by atoms with E-state index in [0.29, 0.717) is 0 Å². The lowest BCUT2D eigenvalue weighted by Gasteiger charge is -2.11. The number of fused-ring (bicyclic) bond motifs is 1. The highest BCUT2D eigenvalue weighted by Gasteiger charge is 2.14. The van der Waals surface area contributed by atoms with Gasteiger partial charge in [0.05, 0.1) is 4.92 Å². The molecule has 0 spiro atoms. The first-order chi connectivity index (χ1) is 6.68. The molecule has 0 unspecified atom stereocenters. The van der Waals surface area contributed by atoms with Crippen LogP contribution in [0.5, 0.6) is 0 Å². The van der Waals surface area contributed by atoms with Gasteiger partial charge in [-0.25, -0.2) is 0 Å². The maximum atomic E-state index is 10.6. The molecular weight excluding hydrogens is 246 g/mol. The minimum Gasteiger partial charge on any atom is -0.258 e. The summed E-state index contributed by atoms with van der Waals surface area (Å²) in [6.07, 6.45) is 5.93. The number of rotatable bonds is 1. The third-order valence-electron chi connectivity index (χ3n) is 2.28. The summed E-state index contributed by atoms with van der Waals surface area (Å²) in [5, 5.41) is 10.6. The predicted octanol–water partition coefficient (Wildman–Crippen LogP) is 3.32. The van der Waals surface area contributed by atoms with Gasteiger partial charge in [-0.2, -0.15) is 0 Å². The van der Waals surface area contributed by atoms with Crippen LogP contribution in [0, 0.1) is 10.1 Å². The SMILES string of the molecule is O=[N+]([O-])c1cc(Br)c2c(c1)C=CCC2. The largest absolute Gasteiger partial charge is 0.271 e. The van der Waals surface area contributed by atoms with Crippen LogP contribution in [0.3, 0.4) is 0 Å². The number of halogens is 1. The number of hydrogen-bond donors (Lipinski definition) is 0. The standard InChI is InChI=1S/C10H8BrNO2/c11-10-6-8(12(13)14)5-7-3-1-2-4-9(7)10/h1,3,5-6H,2,4H2. The first-order valence-electron chi connectivity index (χ1n) is 4.32. The van der Waals surface area contributed by atoms with Gasteiger partial charge in [0.2, 0.25) is 0 Å². The van der Waals surface area contributed by atoms with E-state index in [0.717, 1.165) is 28.4 Å². The Kier molecular flexibility index (Phi) is 2.37. The maximum absolute atomic E-state index is 10.6. The van der Waals surface area contributed by atoms with Crippen molar-refractivity contribution < 1.29 is 4.92 Å². The van der Waals surface area contributed by atoms with E-state index in [2.05, 4.69) is 15.9 Å². The van der Waals surface area contributed by atoms with Gasteiger partial charge in [-0.05, 0) is 24.0 Å². The zero-order valence-corrected chi connectivity index (χ0v) is 8.95. The molecule has 14 heavy (non-hydrogen) atoms.